The van der Waals surface area contributed by atoms with Crippen molar-refractivity contribution in [2.75, 3.05) is 0 Å². The van der Waals surface area contributed by atoms with Gasteiger partial charge in [-0.25, -0.2) is 13.1 Å². The van der Waals surface area contributed by atoms with E-state index in [1.807, 2.05) is 31.2 Å². The summed E-state index contributed by atoms with van der Waals surface area (Å²) < 4.78 is 29.4. The van der Waals surface area contributed by atoms with E-state index in [4.69, 9.17) is 0 Å². The van der Waals surface area contributed by atoms with Crippen LogP contribution in [-0.4, -0.2) is 8.42 Å². The molecule has 0 aliphatic rings. The van der Waals surface area contributed by atoms with E-state index in [-0.39, 0.29) is 10.9 Å². The minimum absolute atomic E-state index is 0.244. The van der Waals surface area contributed by atoms with E-state index in [1.165, 1.54) is 0 Å². The summed E-state index contributed by atoms with van der Waals surface area (Å²) in [5.41, 5.74) is 0.946. The summed E-state index contributed by atoms with van der Waals surface area (Å²) in [5, 5.41) is 0. The first kappa shape index (κ1) is 16.7. The molecular formula is C15H15Br2NO2S. The van der Waals surface area contributed by atoms with Gasteiger partial charge in [-0.05, 0) is 48.4 Å². The van der Waals surface area contributed by atoms with Gasteiger partial charge in [-0.2, -0.15) is 0 Å². The quantitative estimate of drug-likeness (QED) is 0.747. The zero-order valence-electron chi connectivity index (χ0n) is 11.4. The van der Waals surface area contributed by atoms with E-state index in [2.05, 4.69) is 36.6 Å². The van der Waals surface area contributed by atoms with E-state index in [0.29, 0.717) is 6.42 Å². The number of halogens is 2. The Balaban J connectivity index is 2.24. The first-order chi connectivity index (χ1) is 9.92. The van der Waals surface area contributed by atoms with Crippen LogP contribution in [0.25, 0.3) is 0 Å². The van der Waals surface area contributed by atoms with Crippen molar-refractivity contribution in [1.29, 1.82) is 0 Å². The van der Waals surface area contributed by atoms with Crippen LogP contribution in [0.15, 0.2) is 62.4 Å². The number of hydrogen-bond donors (Lipinski definition) is 1. The fourth-order valence-electron chi connectivity index (χ4n) is 1.95. The van der Waals surface area contributed by atoms with E-state index >= 15 is 0 Å². The average molecular weight is 433 g/mol. The molecule has 0 aliphatic heterocycles. The smallest absolute Gasteiger partial charge is 0.207 e. The zero-order valence-corrected chi connectivity index (χ0v) is 15.4. The van der Waals surface area contributed by atoms with Gasteiger partial charge in [0.2, 0.25) is 10.0 Å². The summed E-state index contributed by atoms with van der Waals surface area (Å²) >= 11 is 6.68. The first-order valence-electron chi connectivity index (χ1n) is 6.45. The Morgan fingerprint density at radius 1 is 0.952 bits per heavy atom. The minimum Gasteiger partial charge on any atom is -0.207 e. The van der Waals surface area contributed by atoms with Gasteiger partial charge in [0, 0.05) is 15.0 Å². The largest absolute Gasteiger partial charge is 0.241 e. The lowest BCUT2D eigenvalue weighted by atomic mass is 10.1. The predicted molar refractivity (Wildman–Crippen MR) is 91.6 cm³/mol. The number of sulfonamides is 1. The van der Waals surface area contributed by atoms with Gasteiger partial charge in [-0.15, -0.1) is 0 Å². The molecule has 6 heteroatoms. The summed E-state index contributed by atoms with van der Waals surface area (Å²) in [6, 6.07) is 14.0. The Hall–Kier alpha value is -0.690. The zero-order chi connectivity index (χ0) is 15.5. The molecule has 2 aromatic rings. The second-order valence-electron chi connectivity index (χ2n) is 4.59. The van der Waals surface area contributed by atoms with Gasteiger partial charge in [0.15, 0.2) is 0 Å². The monoisotopic (exact) mass is 431 g/mol. The van der Waals surface area contributed by atoms with E-state index in [9.17, 15) is 8.42 Å². The van der Waals surface area contributed by atoms with Crippen molar-refractivity contribution in [2.45, 2.75) is 24.3 Å². The van der Waals surface area contributed by atoms with Crippen molar-refractivity contribution in [1.82, 2.24) is 4.72 Å². The van der Waals surface area contributed by atoms with Crippen LogP contribution in [-0.2, 0) is 10.0 Å². The Kier molecular flexibility index (Phi) is 5.60. The van der Waals surface area contributed by atoms with E-state index < -0.39 is 10.0 Å². The van der Waals surface area contributed by atoms with Gasteiger partial charge in [0.05, 0.1) is 4.90 Å². The van der Waals surface area contributed by atoms with Crippen molar-refractivity contribution in [2.24, 2.45) is 0 Å². The van der Waals surface area contributed by atoms with Crippen LogP contribution in [0.2, 0.25) is 0 Å². The maximum Gasteiger partial charge on any atom is 0.241 e. The molecule has 0 heterocycles. The number of rotatable bonds is 5. The summed E-state index contributed by atoms with van der Waals surface area (Å²) in [7, 11) is -3.53. The van der Waals surface area contributed by atoms with Gasteiger partial charge in [0.1, 0.15) is 0 Å². The third-order valence-electron chi connectivity index (χ3n) is 3.10. The molecule has 21 heavy (non-hydrogen) atoms. The molecule has 0 saturated heterocycles. The van der Waals surface area contributed by atoms with Crippen molar-refractivity contribution < 1.29 is 8.42 Å². The molecule has 1 N–H and O–H groups in total. The third-order valence-corrected chi connectivity index (χ3v) is 5.65. The molecule has 0 bridgehead atoms. The van der Waals surface area contributed by atoms with Crippen LogP contribution >= 0.6 is 31.9 Å². The van der Waals surface area contributed by atoms with Crippen LogP contribution < -0.4 is 4.72 Å². The second-order valence-corrected chi connectivity index (χ2v) is 8.13. The fraction of sp³-hybridized carbons (Fsp3) is 0.200. The molecule has 2 aromatic carbocycles. The molecule has 0 amide bonds. The van der Waals surface area contributed by atoms with Gasteiger partial charge in [0.25, 0.3) is 0 Å². The fourth-order valence-corrected chi connectivity index (χ4v) is 3.79. The van der Waals surface area contributed by atoms with Crippen LogP contribution in [0, 0.1) is 0 Å². The summed E-state index contributed by atoms with van der Waals surface area (Å²) in [5.74, 6) is 0. The predicted octanol–water partition coefficient (Wildman–Crippen LogP) is 4.64. The number of benzene rings is 2. The lowest BCUT2D eigenvalue weighted by molar-refractivity contribution is 0.550. The Morgan fingerprint density at radius 2 is 1.43 bits per heavy atom. The molecule has 0 aromatic heterocycles. The van der Waals surface area contributed by atoms with E-state index in [1.54, 1.807) is 24.3 Å². The van der Waals surface area contributed by atoms with Crippen LogP contribution in [0.4, 0.5) is 0 Å². The Morgan fingerprint density at radius 3 is 1.90 bits per heavy atom. The first-order valence-corrected chi connectivity index (χ1v) is 9.52. The molecule has 1 unspecified atom stereocenters. The molecule has 2 rings (SSSR count). The summed E-state index contributed by atoms with van der Waals surface area (Å²) in [6.07, 6.45) is 0.678. The lowest BCUT2D eigenvalue weighted by Gasteiger charge is -2.17. The highest BCUT2D eigenvalue weighted by molar-refractivity contribution is 9.10. The SMILES string of the molecule is CCC(NS(=O)(=O)c1ccc(Br)cc1)c1ccc(Br)cc1. The molecule has 0 spiro atoms. The molecule has 0 fully saturated rings. The molecule has 1 atom stereocenters. The standard InChI is InChI=1S/C15H15Br2NO2S/c1-2-15(11-3-5-12(16)6-4-11)18-21(19,20)14-9-7-13(17)8-10-14/h3-10,15,18H,2H2,1H3. The van der Waals surface area contributed by atoms with Crippen molar-refractivity contribution in [3.63, 3.8) is 0 Å². The van der Waals surface area contributed by atoms with Crippen molar-refractivity contribution in [3.8, 4) is 0 Å². The Labute approximate surface area is 142 Å². The maximum atomic E-state index is 12.4. The highest BCUT2D eigenvalue weighted by Gasteiger charge is 2.20. The van der Waals surface area contributed by atoms with Gasteiger partial charge < -0.3 is 0 Å². The normalized spacial score (nSPS) is 13.1. The number of hydrogen-bond acceptors (Lipinski definition) is 2. The highest BCUT2D eigenvalue weighted by atomic mass is 79.9. The van der Waals surface area contributed by atoms with Crippen LogP contribution in [0.1, 0.15) is 24.9 Å². The van der Waals surface area contributed by atoms with Crippen molar-refractivity contribution >= 4 is 41.9 Å². The molecule has 0 saturated carbocycles. The van der Waals surface area contributed by atoms with Gasteiger partial charge >= 0.3 is 0 Å². The minimum atomic E-state index is -3.53. The summed E-state index contributed by atoms with van der Waals surface area (Å²) in [6.45, 7) is 1.96. The maximum absolute atomic E-state index is 12.4. The lowest BCUT2D eigenvalue weighted by Crippen LogP contribution is -2.28. The molecular weight excluding hydrogens is 418 g/mol. The average Bonchev–Trinajstić information content (AvgIpc) is 2.46. The Bertz CT molecular complexity index is 697. The van der Waals surface area contributed by atoms with Crippen LogP contribution in [0.3, 0.4) is 0 Å². The van der Waals surface area contributed by atoms with Crippen LogP contribution in [0.5, 0.6) is 0 Å². The molecule has 0 radical (unpaired) electrons. The van der Waals surface area contributed by atoms with E-state index in [0.717, 1.165) is 14.5 Å². The molecule has 0 aliphatic carbocycles. The van der Waals surface area contributed by atoms with Gasteiger partial charge in [-0.1, -0.05) is 50.9 Å². The van der Waals surface area contributed by atoms with Crippen molar-refractivity contribution in [3.05, 3.63) is 63.0 Å². The highest BCUT2D eigenvalue weighted by Crippen LogP contribution is 2.22. The topological polar surface area (TPSA) is 46.2 Å². The molecule has 3 nitrogen and oxygen atoms in total. The van der Waals surface area contributed by atoms with Gasteiger partial charge in [-0.3, -0.25) is 0 Å². The number of nitrogens with one attached hydrogen (secondary N) is 1. The summed E-state index contributed by atoms with van der Waals surface area (Å²) in [4.78, 5) is 0.265. The third kappa shape index (κ3) is 4.39. The second kappa shape index (κ2) is 7.05. The molecule has 112 valence electrons.